The minimum absolute atomic E-state index is 0.0379. The van der Waals surface area contributed by atoms with Gasteiger partial charge in [0.05, 0.1) is 0 Å². The van der Waals surface area contributed by atoms with Crippen LogP contribution in [-0.2, 0) is 0 Å². The molecule has 0 aromatic heterocycles. The number of hydrogen-bond donors (Lipinski definition) is 2. The molecular weight excluding hydrogens is 625 g/mol. The van der Waals surface area contributed by atoms with Crippen LogP contribution in [0.2, 0.25) is 0 Å². The SMILES string of the molecule is Fc1c(F)c(F)c([NH][Sn]([NH]c2c(F)c(F)c(F)c(F)c2F)([c]2ccccc2)[c]2ccccc2)c(F)c1F. The zero-order valence-electron chi connectivity index (χ0n) is 18.1. The second-order valence-electron chi connectivity index (χ2n) is 7.62. The number of rotatable bonds is 6. The van der Waals surface area contributed by atoms with Crippen molar-refractivity contribution in [2.24, 2.45) is 0 Å². The van der Waals surface area contributed by atoms with Crippen LogP contribution in [0, 0.1) is 58.2 Å². The molecule has 2 nitrogen and oxygen atoms in total. The zero-order valence-corrected chi connectivity index (χ0v) is 20.9. The van der Waals surface area contributed by atoms with Gasteiger partial charge in [0.2, 0.25) is 0 Å². The Hall–Kier alpha value is -3.42. The molecule has 13 heteroatoms. The summed E-state index contributed by atoms with van der Waals surface area (Å²) in [7, 11) is 0. The van der Waals surface area contributed by atoms with Gasteiger partial charge in [-0.2, -0.15) is 0 Å². The van der Waals surface area contributed by atoms with E-state index in [1.165, 1.54) is 60.7 Å². The van der Waals surface area contributed by atoms with Crippen LogP contribution >= 0.6 is 0 Å². The molecule has 192 valence electrons. The van der Waals surface area contributed by atoms with E-state index in [4.69, 9.17) is 0 Å². The summed E-state index contributed by atoms with van der Waals surface area (Å²) in [4.78, 5) is 0. The van der Waals surface area contributed by atoms with E-state index in [9.17, 15) is 43.9 Å². The summed E-state index contributed by atoms with van der Waals surface area (Å²) < 4.78 is 147. The van der Waals surface area contributed by atoms with Gasteiger partial charge in [-0.1, -0.05) is 0 Å². The van der Waals surface area contributed by atoms with Crippen molar-refractivity contribution in [1.82, 2.24) is 0 Å². The summed E-state index contributed by atoms with van der Waals surface area (Å²) >= 11 is -5.73. The molecule has 0 atom stereocenters. The van der Waals surface area contributed by atoms with Gasteiger partial charge < -0.3 is 0 Å². The second kappa shape index (κ2) is 10.1. The Balaban J connectivity index is 2.09. The maximum absolute atomic E-state index is 14.7. The fourth-order valence-electron chi connectivity index (χ4n) is 3.67. The average Bonchev–Trinajstić information content (AvgIpc) is 2.93. The summed E-state index contributed by atoms with van der Waals surface area (Å²) in [5.41, 5.74) is -3.09. The van der Waals surface area contributed by atoms with Crippen LogP contribution in [0.15, 0.2) is 60.7 Å². The van der Waals surface area contributed by atoms with Gasteiger partial charge in [-0.05, 0) is 0 Å². The Morgan fingerprint density at radius 3 is 0.865 bits per heavy atom. The molecule has 0 fully saturated rings. The van der Waals surface area contributed by atoms with Gasteiger partial charge in [0.1, 0.15) is 0 Å². The molecule has 0 radical (unpaired) electrons. The average molecular weight is 637 g/mol. The van der Waals surface area contributed by atoms with Crippen molar-refractivity contribution in [2.75, 3.05) is 7.08 Å². The van der Waals surface area contributed by atoms with Crippen LogP contribution in [0.1, 0.15) is 0 Å². The second-order valence-corrected chi connectivity index (χ2v) is 16.6. The van der Waals surface area contributed by atoms with Crippen LogP contribution in [0.4, 0.5) is 55.3 Å². The number of nitrogens with one attached hydrogen (secondary N) is 2. The molecule has 0 heterocycles. The fourth-order valence-corrected chi connectivity index (χ4v) is 13.8. The van der Waals surface area contributed by atoms with Gasteiger partial charge in [-0.25, -0.2) is 0 Å². The normalized spacial score (nSPS) is 11.5. The summed E-state index contributed by atoms with van der Waals surface area (Å²) in [6.07, 6.45) is 0. The molecule has 0 unspecified atom stereocenters. The molecular formula is C24H12F10N2Sn. The monoisotopic (exact) mass is 638 g/mol. The fraction of sp³-hybridized carbons (Fsp3) is 0. The maximum atomic E-state index is 14.7. The Bertz CT molecular complexity index is 1310. The van der Waals surface area contributed by atoms with E-state index in [0.717, 1.165) is 0 Å². The molecule has 4 aromatic carbocycles. The van der Waals surface area contributed by atoms with Crippen molar-refractivity contribution >= 4 is 37.5 Å². The van der Waals surface area contributed by atoms with E-state index in [2.05, 4.69) is 7.08 Å². The van der Waals surface area contributed by atoms with E-state index >= 15 is 0 Å². The van der Waals surface area contributed by atoms with Crippen molar-refractivity contribution in [3.63, 3.8) is 0 Å². The van der Waals surface area contributed by atoms with Crippen LogP contribution < -0.4 is 14.2 Å². The van der Waals surface area contributed by atoms with Crippen molar-refractivity contribution in [3.05, 3.63) is 119 Å². The van der Waals surface area contributed by atoms with Crippen molar-refractivity contribution in [2.45, 2.75) is 0 Å². The third kappa shape index (κ3) is 4.47. The molecule has 0 spiro atoms. The number of anilines is 2. The van der Waals surface area contributed by atoms with Crippen LogP contribution in [0.5, 0.6) is 0 Å². The predicted octanol–water partition coefficient (Wildman–Crippen LogP) is 5.86. The molecule has 0 saturated heterocycles. The first-order valence-corrected chi connectivity index (χ1v) is 15.9. The molecule has 0 aliphatic carbocycles. The number of halogens is 10. The van der Waals surface area contributed by atoms with Gasteiger partial charge in [0, 0.05) is 0 Å². The summed E-state index contributed by atoms with van der Waals surface area (Å²) in [6.45, 7) is 0. The Kier molecular flexibility index (Phi) is 7.31. The first kappa shape index (κ1) is 26.6. The third-order valence-corrected chi connectivity index (χ3v) is 15.9. The standard InChI is InChI=1S/2C6HF5N.2C6H5.Sn/c2*7-1-2(8)4(10)6(12)5(11)3(1)9;2*1-2-4-6-5-3-1;/h2*12H;2*1-5H;/q2*-1;;;+2. The van der Waals surface area contributed by atoms with Gasteiger partial charge >= 0.3 is 207 Å². The summed E-state index contributed by atoms with van der Waals surface area (Å²) in [5, 5.41) is 0. The summed E-state index contributed by atoms with van der Waals surface area (Å²) in [5.74, 6) is -23.3. The van der Waals surface area contributed by atoms with E-state index < -0.39 is 88.5 Å². The van der Waals surface area contributed by atoms with Crippen LogP contribution in [0.25, 0.3) is 0 Å². The third-order valence-electron chi connectivity index (χ3n) is 5.46. The minimum atomic E-state index is -5.73. The number of hydrogen-bond acceptors (Lipinski definition) is 2. The molecule has 2 N–H and O–H groups in total. The van der Waals surface area contributed by atoms with Crippen molar-refractivity contribution < 1.29 is 43.9 Å². The number of benzene rings is 4. The molecule has 0 amide bonds. The topological polar surface area (TPSA) is 24.1 Å². The molecule has 37 heavy (non-hydrogen) atoms. The van der Waals surface area contributed by atoms with Crippen molar-refractivity contribution in [3.8, 4) is 0 Å². The first-order valence-electron chi connectivity index (χ1n) is 10.2. The molecule has 4 rings (SSSR count). The molecule has 4 aromatic rings. The Morgan fingerprint density at radius 2 is 0.595 bits per heavy atom. The van der Waals surface area contributed by atoms with E-state index in [0.29, 0.717) is 0 Å². The van der Waals surface area contributed by atoms with Gasteiger partial charge in [-0.3, -0.25) is 0 Å². The molecule has 0 aliphatic heterocycles. The van der Waals surface area contributed by atoms with Crippen LogP contribution in [0.3, 0.4) is 0 Å². The van der Waals surface area contributed by atoms with Gasteiger partial charge in [0.25, 0.3) is 0 Å². The van der Waals surface area contributed by atoms with E-state index in [1.54, 1.807) is 0 Å². The van der Waals surface area contributed by atoms with E-state index in [-0.39, 0.29) is 7.16 Å². The van der Waals surface area contributed by atoms with Gasteiger partial charge in [-0.15, -0.1) is 0 Å². The molecule has 0 bridgehead atoms. The summed E-state index contributed by atoms with van der Waals surface area (Å²) in [6, 6.07) is 13.8. The molecule has 0 aliphatic rings. The quantitative estimate of drug-likeness (QED) is 0.120. The Labute approximate surface area is 207 Å². The predicted molar refractivity (Wildman–Crippen MR) is 118 cm³/mol. The molecule has 0 saturated carbocycles. The van der Waals surface area contributed by atoms with Crippen molar-refractivity contribution in [1.29, 1.82) is 0 Å². The van der Waals surface area contributed by atoms with Crippen LogP contribution in [-0.4, -0.2) is 18.9 Å². The zero-order chi connectivity index (χ0) is 27.1. The Morgan fingerprint density at radius 1 is 0.351 bits per heavy atom. The first-order chi connectivity index (χ1) is 17.5. The van der Waals surface area contributed by atoms with Gasteiger partial charge in [0.15, 0.2) is 0 Å². The van der Waals surface area contributed by atoms with E-state index in [1.807, 2.05) is 0 Å².